The molecule has 0 amide bonds. The molecule has 0 aromatic rings. The maximum atomic E-state index is 12.6. The van der Waals surface area contributed by atoms with Crippen LogP contribution >= 0.6 is 0 Å². The molecule has 0 rings (SSSR count). The second-order valence-electron chi connectivity index (χ2n) is 13.7. The van der Waals surface area contributed by atoms with Crippen molar-refractivity contribution < 1.29 is 34.2 Å². The number of carboxylic acids is 3. The van der Waals surface area contributed by atoms with Gasteiger partial charge in [-0.2, -0.15) is 0 Å². The number of aliphatic carboxylic acids is 3. The van der Waals surface area contributed by atoms with Crippen molar-refractivity contribution in [1.29, 1.82) is 0 Å². The maximum absolute atomic E-state index is 12.6. The molecule has 0 aromatic carbocycles. The number of nitrogens with zero attached hydrogens (tertiary/aromatic N) is 1. The number of unbranched alkanes of at least 4 members (excludes halogenated alkanes) is 18. The summed E-state index contributed by atoms with van der Waals surface area (Å²) in [6.07, 6.45) is 31.5. The van der Waals surface area contributed by atoms with Gasteiger partial charge in [-0.25, -0.2) is 9.59 Å². The average Bonchev–Trinajstić information content (AvgIpc) is 3.02. The van der Waals surface area contributed by atoms with Gasteiger partial charge in [0.2, 0.25) is 0 Å². The highest BCUT2D eigenvalue weighted by Gasteiger charge is 2.54. The quantitative estimate of drug-likeness (QED) is 0.0407. The van der Waals surface area contributed by atoms with E-state index in [0.717, 1.165) is 32.1 Å². The lowest BCUT2D eigenvalue weighted by atomic mass is 9.91. The van der Waals surface area contributed by atoms with Gasteiger partial charge in [-0.3, -0.25) is 4.48 Å². The molecule has 0 bridgehead atoms. The van der Waals surface area contributed by atoms with E-state index in [0.29, 0.717) is 25.7 Å². The van der Waals surface area contributed by atoms with Gasteiger partial charge in [0.25, 0.3) is 0 Å². The first-order valence-electron chi connectivity index (χ1n) is 19.4. The average molecular weight is 652 g/mol. The minimum Gasteiger partial charge on any atom is -0.544 e. The highest BCUT2D eigenvalue weighted by atomic mass is 16.4. The van der Waals surface area contributed by atoms with Crippen molar-refractivity contribution in [2.45, 2.75) is 213 Å². The van der Waals surface area contributed by atoms with Gasteiger partial charge in [0.1, 0.15) is 6.04 Å². The summed E-state index contributed by atoms with van der Waals surface area (Å²) >= 11 is 0. The molecular weight excluding hydrogens is 578 g/mol. The summed E-state index contributed by atoms with van der Waals surface area (Å²) in [5.74, 6) is -3.56. The summed E-state index contributed by atoms with van der Waals surface area (Å²) < 4.78 is -0.436. The van der Waals surface area contributed by atoms with Crippen molar-refractivity contribution in [3.8, 4) is 0 Å². The number of carbonyl (C=O) groups excluding carboxylic acids is 1. The highest BCUT2D eigenvalue weighted by Crippen LogP contribution is 2.34. The number of allylic oxidation sites excluding steroid dienone is 2. The number of quaternary nitrogens is 1. The smallest absolute Gasteiger partial charge is 0.362 e. The molecule has 0 saturated heterocycles. The molecule has 0 aromatic heterocycles. The fourth-order valence-corrected chi connectivity index (χ4v) is 7.33. The summed E-state index contributed by atoms with van der Waals surface area (Å²) in [7, 11) is 0. The van der Waals surface area contributed by atoms with Crippen molar-refractivity contribution in [3.05, 3.63) is 12.2 Å². The van der Waals surface area contributed by atoms with Gasteiger partial charge in [0.05, 0.1) is 12.5 Å². The third-order valence-electron chi connectivity index (χ3n) is 9.83. The van der Waals surface area contributed by atoms with Gasteiger partial charge in [0, 0.05) is 19.3 Å². The first-order valence-corrected chi connectivity index (χ1v) is 19.4. The normalized spacial score (nSPS) is 15.0. The minimum atomic E-state index is -1.33. The predicted octanol–water partition coefficient (Wildman–Crippen LogP) is 9.61. The van der Waals surface area contributed by atoms with Crippen LogP contribution in [-0.2, 0) is 14.4 Å². The predicted molar refractivity (Wildman–Crippen MR) is 189 cm³/mol. The fourth-order valence-electron chi connectivity index (χ4n) is 7.33. The zero-order valence-corrected chi connectivity index (χ0v) is 30.5. The fraction of sp³-hybridized carbons (Fsp3) is 0.872. The molecular formula is C39H73NO6. The molecule has 0 aliphatic heterocycles. The first-order chi connectivity index (χ1) is 22.2. The summed E-state index contributed by atoms with van der Waals surface area (Å²) in [5, 5.41) is 33.1. The lowest BCUT2D eigenvalue weighted by molar-refractivity contribution is -0.975. The number of hydrogen-bond acceptors (Lipinski definition) is 4. The van der Waals surface area contributed by atoms with Crippen LogP contribution < -0.4 is 5.11 Å². The van der Waals surface area contributed by atoms with Gasteiger partial charge in [-0.1, -0.05) is 136 Å². The van der Waals surface area contributed by atoms with Gasteiger partial charge in [-0.05, 0) is 51.4 Å². The topological polar surface area (TPSA) is 115 Å². The van der Waals surface area contributed by atoms with Crippen LogP contribution in [0, 0.1) is 0 Å². The van der Waals surface area contributed by atoms with Gasteiger partial charge < -0.3 is 20.1 Å². The Balaban J connectivity index is 4.62. The number of carboxylic acid groups (broad SMARTS) is 3. The SMILES string of the molecule is CCCCCCCCCCCCC/C=C/CCCCCCCCC[N+](C(CCC)C(=O)[O-])(C(CCC)C(=O)O)C(CCC)C(=O)O. The molecule has 3 unspecified atom stereocenters. The molecule has 0 aliphatic rings. The molecule has 7 nitrogen and oxygen atoms in total. The maximum Gasteiger partial charge on any atom is 0.362 e. The van der Waals surface area contributed by atoms with E-state index >= 15 is 0 Å². The summed E-state index contributed by atoms with van der Waals surface area (Å²) in [5.41, 5.74) is 0. The lowest BCUT2D eigenvalue weighted by Crippen LogP contribution is -2.74. The van der Waals surface area contributed by atoms with Crippen LogP contribution in [0.3, 0.4) is 0 Å². The Hall–Kier alpha value is -1.89. The number of carbonyl (C=O) groups is 3. The van der Waals surface area contributed by atoms with E-state index in [1.165, 1.54) is 89.9 Å². The zero-order chi connectivity index (χ0) is 34.5. The molecule has 270 valence electrons. The highest BCUT2D eigenvalue weighted by molar-refractivity contribution is 5.77. The van der Waals surface area contributed by atoms with Crippen LogP contribution in [0.4, 0.5) is 0 Å². The molecule has 3 atom stereocenters. The van der Waals surface area contributed by atoms with Crippen LogP contribution in [0.2, 0.25) is 0 Å². The van der Waals surface area contributed by atoms with Gasteiger partial charge in [-0.15, -0.1) is 0 Å². The minimum absolute atomic E-state index is 0.205. The molecule has 46 heavy (non-hydrogen) atoms. The van der Waals surface area contributed by atoms with E-state index < -0.39 is 40.5 Å². The Bertz CT molecular complexity index is 738. The molecule has 0 spiro atoms. The summed E-state index contributed by atoms with van der Waals surface area (Å²) in [6.45, 7) is 8.08. The van der Waals surface area contributed by atoms with Crippen molar-refractivity contribution >= 4 is 17.9 Å². The van der Waals surface area contributed by atoms with Crippen LogP contribution in [0.25, 0.3) is 0 Å². The van der Waals surface area contributed by atoms with Crippen LogP contribution in [0.15, 0.2) is 12.2 Å². The standard InChI is InChI=1S/C39H73NO6/c1-5-9-10-11-12-13-14-15-16-17-18-19-20-21-22-23-24-25-26-27-28-29-33-40(34(30-6-2)37(41)42,35(31-7-3)38(43)44)36(32-8-4)39(45)46/h20-21,34-36H,5-19,22-33H2,1-4H3,(H2-,41,42,43,44,45,46)/b21-20+. The molecule has 0 saturated carbocycles. The summed E-state index contributed by atoms with van der Waals surface area (Å²) in [6, 6.07) is -3.33. The van der Waals surface area contributed by atoms with Gasteiger partial charge >= 0.3 is 11.9 Å². The molecule has 0 heterocycles. The van der Waals surface area contributed by atoms with Crippen molar-refractivity contribution in [3.63, 3.8) is 0 Å². The monoisotopic (exact) mass is 652 g/mol. The van der Waals surface area contributed by atoms with E-state index in [9.17, 15) is 29.7 Å². The Labute approximate surface area is 283 Å². The second kappa shape index (κ2) is 29.3. The van der Waals surface area contributed by atoms with E-state index in [1.807, 2.05) is 20.8 Å². The Kier molecular flexibility index (Phi) is 28.1. The molecule has 7 heteroatoms. The van der Waals surface area contributed by atoms with Gasteiger partial charge in [0.15, 0.2) is 12.1 Å². The van der Waals surface area contributed by atoms with E-state index in [1.54, 1.807) is 0 Å². The third kappa shape index (κ3) is 18.4. The Morgan fingerprint density at radius 1 is 0.500 bits per heavy atom. The molecule has 0 aliphatic carbocycles. The van der Waals surface area contributed by atoms with E-state index in [-0.39, 0.29) is 25.8 Å². The van der Waals surface area contributed by atoms with Crippen molar-refractivity contribution in [2.75, 3.05) is 6.54 Å². The van der Waals surface area contributed by atoms with Crippen LogP contribution in [0.1, 0.15) is 195 Å². The Morgan fingerprint density at radius 2 is 0.826 bits per heavy atom. The van der Waals surface area contributed by atoms with E-state index in [2.05, 4.69) is 19.1 Å². The van der Waals surface area contributed by atoms with E-state index in [4.69, 9.17) is 0 Å². The molecule has 2 N–H and O–H groups in total. The third-order valence-corrected chi connectivity index (χ3v) is 9.83. The van der Waals surface area contributed by atoms with Crippen LogP contribution in [0.5, 0.6) is 0 Å². The zero-order valence-electron chi connectivity index (χ0n) is 30.5. The molecule has 0 fully saturated rings. The summed E-state index contributed by atoms with van der Waals surface area (Å²) in [4.78, 5) is 37.7. The number of hydrogen-bond donors (Lipinski definition) is 2. The Morgan fingerprint density at radius 3 is 1.15 bits per heavy atom. The largest absolute Gasteiger partial charge is 0.544 e. The second-order valence-corrected chi connectivity index (χ2v) is 13.7. The van der Waals surface area contributed by atoms with Crippen molar-refractivity contribution in [2.24, 2.45) is 0 Å². The first kappa shape index (κ1) is 44.1. The number of rotatable bonds is 34. The van der Waals surface area contributed by atoms with Crippen LogP contribution in [-0.4, -0.2) is 57.3 Å². The lowest BCUT2D eigenvalue weighted by Gasteiger charge is -2.52. The molecule has 0 radical (unpaired) electrons. The van der Waals surface area contributed by atoms with Crippen molar-refractivity contribution in [1.82, 2.24) is 0 Å².